The van der Waals surface area contributed by atoms with E-state index in [-0.39, 0.29) is 11.1 Å². The van der Waals surface area contributed by atoms with Crippen LogP contribution in [0, 0.1) is 22.7 Å². The van der Waals surface area contributed by atoms with Crippen molar-refractivity contribution < 1.29 is 0 Å². The van der Waals surface area contributed by atoms with Crippen molar-refractivity contribution in [2.75, 3.05) is 0 Å². The first kappa shape index (κ1) is 42.4. The third-order valence-corrected chi connectivity index (χ3v) is 16.8. The molecule has 4 aromatic heterocycles. The van der Waals surface area contributed by atoms with Crippen molar-refractivity contribution >= 4 is 130 Å². The fourth-order valence-corrected chi connectivity index (χ4v) is 13.6. The zero-order chi connectivity index (χ0) is 51.3. The van der Waals surface area contributed by atoms with Gasteiger partial charge in [0.2, 0.25) is 0 Å². The van der Waals surface area contributed by atoms with Crippen LogP contribution in [-0.2, 0) is 0 Å². The van der Waals surface area contributed by atoms with E-state index in [0.717, 1.165) is 142 Å². The van der Waals surface area contributed by atoms with Crippen LogP contribution in [0.1, 0.15) is 11.1 Å². The minimum atomic E-state index is 0.268. The van der Waals surface area contributed by atoms with Gasteiger partial charge in [-0.05, 0) is 45.8 Å². The summed E-state index contributed by atoms with van der Waals surface area (Å²) in [4.78, 5) is 0. The van der Waals surface area contributed by atoms with E-state index in [9.17, 15) is 10.5 Å². The van der Waals surface area contributed by atoms with Gasteiger partial charge in [0.05, 0.1) is 78.0 Å². The molecule has 0 aliphatic rings. The number of para-hydroxylation sites is 4. The second-order valence-corrected chi connectivity index (χ2v) is 20.5. The minimum absolute atomic E-state index is 0.268. The molecule has 358 valence electrons. The Hall–Kier alpha value is -10.9. The molecule has 0 spiro atoms. The molecule has 0 N–H and O–H groups in total. The summed E-state index contributed by atoms with van der Waals surface area (Å²) >= 11 is 0. The Morgan fingerprint density at radius 3 is 0.679 bits per heavy atom. The second-order valence-electron chi connectivity index (χ2n) is 20.5. The first-order chi connectivity index (χ1) is 38.7. The van der Waals surface area contributed by atoms with Gasteiger partial charge in [-0.1, -0.05) is 218 Å². The first-order valence-corrected chi connectivity index (χ1v) is 26.4. The highest BCUT2D eigenvalue weighted by molar-refractivity contribution is 6.25. The molecule has 0 bridgehead atoms. The standard InChI is InChI=1S/C72H40N6/c73-41-59-60(42-74)70(76-62-30-14-10-26-52(62)56-38-34-44-18-2-6-22-48(44)66(56)76)72(78-64-32-16-12-28-54(64)58-40-36-46-20-4-8-24-50(46)68(58)78)71(77-63-31-15-11-27-53(63)57-39-35-45-19-3-7-23-49(45)67(57)77)69(59)75-61-29-13-9-25-51(61)55-37-33-43-17-1-5-21-47(43)65(55)75/h1-40H. The molecule has 13 aromatic carbocycles. The summed E-state index contributed by atoms with van der Waals surface area (Å²) < 4.78 is 9.56. The molecule has 4 heterocycles. The Kier molecular flexibility index (Phi) is 8.60. The highest BCUT2D eigenvalue weighted by atomic mass is 15.1. The quantitative estimate of drug-likeness (QED) is 0.176. The normalized spacial score (nSPS) is 12.1. The smallest absolute Gasteiger partial charge is 0.103 e. The topological polar surface area (TPSA) is 67.3 Å². The monoisotopic (exact) mass is 988 g/mol. The zero-order valence-corrected chi connectivity index (χ0v) is 41.8. The fraction of sp³-hybridized carbons (Fsp3) is 0. The Morgan fingerprint density at radius 2 is 0.423 bits per heavy atom. The molecule has 0 saturated heterocycles. The van der Waals surface area contributed by atoms with Crippen molar-refractivity contribution in [3.63, 3.8) is 0 Å². The van der Waals surface area contributed by atoms with Crippen molar-refractivity contribution in [2.45, 2.75) is 0 Å². The van der Waals surface area contributed by atoms with Crippen molar-refractivity contribution in [2.24, 2.45) is 0 Å². The van der Waals surface area contributed by atoms with Crippen molar-refractivity contribution in [1.82, 2.24) is 18.3 Å². The maximum Gasteiger partial charge on any atom is 0.103 e. The van der Waals surface area contributed by atoms with E-state index >= 15 is 0 Å². The molecule has 0 saturated carbocycles. The number of nitriles is 2. The fourth-order valence-electron chi connectivity index (χ4n) is 13.6. The molecule has 78 heavy (non-hydrogen) atoms. The molecular weight excluding hydrogens is 949 g/mol. The molecule has 0 aliphatic carbocycles. The van der Waals surface area contributed by atoms with Crippen LogP contribution < -0.4 is 0 Å². The van der Waals surface area contributed by atoms with Gasteiger partial charge in [0.25, 0.3) is 0 Å². The molecule has 0 radical (unpaired) electrons. The Morgan fingerprint density at radius 1 is 0.205 bits per heavy atom. The van der Waals surface area contributed by atoms with Gasteiger partial charge in [-0.25, -0.2) is 0 Å². The summed E-state index contributed by atoms with van der Waals surface area (Å²) in [6, 6.07) is 92.3. The molecule has 0 aliphatic heterocycles. The Labute approximate surface area is 445 Å². The predicted molar refractivity (Wildman–Crippen MR) is 323 cm³/mol. The van der Waals surface area contributed by atoms with E-state index in [1.165, 1.54) is 0 Å². The lowest BCUT2D eigenvalue weighted by molar-refractivity contribution is 1.02. The average Bonchev–Trinajstić information content (AvgIpc) is 3.66. The highest BCUT2D eigenvalue weighted by Crippen LogP contribution is 2.51. The van der Waals surface area contributed by atoms with E-state index in [1.54, 1.807) is 0 Å². The summed E-state index contributed by atoms with van der Waals surface area (Å²) in [6.07, 6.45) is 0. The highest BCUT2D eigenvalue weighted by Gasteiger charge is 2.36. The molecule has 0 atom stereocenters. The van der Waals surface area contributed by atoms with Gasteiger partial charge < -0.3 is 18.3 Å². The lowest BCUT2D eigenvalue weighted by Gasteiger charge is -2.28. The minimum Gasteiger partial charge on any atom is -0.305 e. The summed E-state index contributed by atoms with van der Waals surface area (Å²) in [5.41, 5.74) is 11.0. The van der Waals surface area contributed by atoms with Crippen molar-refractivity contribution in [3.05, 3.63) is 254 Å². The number of nitrogens with zero attached hydrogens (tertiary/aromatic N) is 6. The summed E-state index contributed by atoms with van der Waals surface area (Å²) in [7, 11) is 0. The van der Waals surface area contributed by atoms with E-state index in [2.05, 4.69) is 273 Å². The van der Waals surface area contributed by atoms with E-state index in [0.29, 0.717) is 11.4 Å². The predicted octanol–water partition coefficient (Wildman–Crippen LogP) is 18.4. The SMILES string of the molecule is N#Cc1c(C#N)c(-n2c3ccccc3c3ccc4ccccc4c32)c(-n2c3ccccc3c3ccc4ccccc4c32)c(-n2c3ccccc3c3ccc4ccccc4c32)c1-n1c2ccccc2c2ccc3ccccc3c21. The molecule has 0 unspecified atom stereocenters. The van der Waals surface area contributed by atoms with Crippen LogP contribution in [0.3, 0.4) is 0 Å². The average molecular weight is 989 g/mol. The molecule has 0 amide bonds. The van der Waals surface area contributed by atoms with Gasteiger partial charge in [0.1, 0.15) is 12.1 Å². The number of hydrogen-bond acceptors (Lipinski definition) is 2. The van der Waals surface area contributed by atoms with Crippen molar-refractivity contribution in [1.29, 1.82) is 10.5 Å². The largest absolute Gasteiger partial charge is 0.305 e. The number of hydrogen-bond donors (Lipinski definition) is 0. The number of fused-ring (bicyclic) bond motifs is 20. The van der Waals surface area contributed by atoms with Crippen LogP contribution in [0.5, 0.6) is 0 Å². The molecule has 17 rings (SSSR count). The van der Waals surface area contributed by atoms with Crippen LogP contribution >= 0.6 is 0 Å². The van der Waals surface area contributed by atoms with Gasteiger partial charge in [0.15, 0.2) is 0 Å². The second kappa shape index (κ2) is 15.8. The van der Waals surface area contributed by atoms with Crippen LogP contribution in [0.25, 0.3) is 153 Å². The summed E-state index contributed by atoms with van der Waals surface area (Å²) in [5.74, 6) is 0. The summed E-state index contributed by atoms with van der Waals surface area (Å²) in [5, 5.41) is 42.2. The molecule has 17 aromatic rings. The van der Waals surface area contributed by atoms with Gasteiger partial charge in [-0.2, -0.15) is 10.5 Å². The van der Waals surface area contributed by atoms with Crippen LogP contribution in [0.4, 0.5) is 0 Å². The number of rotatable bonds is 4. The number of aromatic nitrogens is 4. The van der Waals surface area contributed by atoms with Gasteiger partial charge in [-0.3, -0.25) is 0 Å². The molecule has 6 nitrogen and oxygen atoms in total. The van der Waals surface area contributed by atoms with Crippen LogP contribution in [0.15, 0.2) is 243 Å². The third-order valence-electron chi connectivity index (χ3n) is 16.8. The van der Waals surface area contributed by atoms with Crippen LogP contribution in [-0.4, -0.2) is 18.3 Å². The summed E-state index contributed by atoms with van der Waals surface area (Å²) in [6.45, 7) is 0. The maximum absolute atomic E-state index is 12.6. The lowest BCUT2D eigenvalue weighted by Crippen LogP contribution is -2.17. The van der Waals surface area contributed by atoms with Crippen molar-refractivity contribution in [3.8, 4) is 34.9 Å². The van der Waals surface area contributed by atoms with E-state index in [1.807, 2.05) is 0 Å². The molecule has 0 fully saturated rings. The Bertz CT molecular complexity index is 5260. The Balaban J connectivity index is 1.27. The third kappa shape index (κ3) is 5.47. The van der Waals surface area contributed by atoms with E-state index < -0.39 is 0 Å². The van der Waals surface area contributed by atoms with Crippen LogP contribution in [0.2, 0.25) is 0 Å². The van der Waals surface area contributed by atoms with Gasteiger partial charge >= 0.3 is 0 Å². The molecular formula is C72H40N6. The maximum atomic E-state index is 12.6. The first-order valence-electron chi connectivity index (χ1n) is 26.4. The lowest BCUT2D eigenvalue weighted by atomic mass is 9.97. The molecule has 6 heteroatoms. The number of benzene rings is 13. The van der Waals surface area contributed by atoms with Gasteiger partial charge in [0, 0.05) is 64.6 Å². The van der Waals surface area contributed by atoms with Gasteiger partial charge in [-0.15, -0.1) is 0 Å². The van der Waals surface area contributed by atoms with E-state index in [4.69, 9.17) is 0 Å². The zero-order valence-electron chi connectivity index (χ0n) is 41.8.